The molecule has 2 aliphatic carbocycles. The molecule has 0 spiro atoms. The van der Waals surface area contributed by atoms with Gasteiger partial charge in [-0.1, -0.05) is 6.42 Å². The lowest BCUT2D eigenvalue weighted by Gasteiger charge is -2.28. The summed E-state index contributed by atoms with van der Waals surface area (Å²) in [6.45, 7) is 2.46. The third kappa shape index (κ3) is 3.52. The van der Waals surface area contributed by atoms with Crippen molar-refractivity contribution in [3.63, 3.8) is 0 Å². The van der Waals surface area contributed by atoms with Crippen molar-refractivity contribution >= 4 is 11.6 Å². The number of nitrogens with zero attached hydrogens (tertiary/aromatic N) is 3. The van der Waals surface area contributed by atoms with Crippen LogP contribution in [-0.2, 0) is 4.79 Å². The van der Waals surface area contributed by atoms with Gasteiger partial charge in [-0.3, -0.25) is 4.79 Å². The van der Waals surface area contributed by atoms with Crippen LogP contribution >= 0.6 is 0 Å². The molecule has 1 aromatic heterocycles. The molecule has 4 rings (SSSR count). The van der Waals surface area contributed by atoms with Gasteiger partial charge in [-0.15, -0.1) is 0 Å². The fraction of sp³-hybridized carbons (Fsp3) is 0.526. The zero-order chi connectivity index (χ0) is 17.2. The van der Waals surface area contributed by atoms with Crippen LogP contribution in [0.25, 0.3) is 5.69 Å². The van der Waals surface area contributed by atoms with Gasteiger partial charge in [0.2, 0.25) is 5.91 Å². The Morgan fingerprint density at radius 2 is 2.12 bits per heavy atom. The molecule has 25 heavy (non-hydrogen) atoms. The van der Waals surface area contributed by atoms with Gasteiger partial charge in [0, 0.05) is 11.7 Å². The van der Waals surface area contributed by atoms with Crippen LogP contribution in [0.3, 0.4) is 0 Å². The maximum atomic E-state index is 12.2. The van der Waals surface area contributed by atoms with E-state index in [1.165, 1.54) is 32.0 Å². The summed E-state index contributed by atoms with van der Waals surface area (Å²) in [7, 11) is 0. The van der Waals surface area contributed by atoms with Crippen molar-refractivity contribution in [2.75, 3.05) is 11.9 Å². The normalized spacial score (nSPS) is 25.7. The fourth-order valence-electron chi connectivity index (χ4n) is 4.57. The van der Waals surface area contributed by atoms with Crippen LogP contribution in [0.5, 0.6) is 0 Å². The molecular formula is C19H25N5O. The number of hydrogen-bond donors (Lipinski definition) is 2. The van der Waals surface area contributed by atoms with Crippen LogP contribution in [0.2, 0.25) is 0 Å². The summed E-state index contributed by atoms with van der Waals surface area (Å²) in [5.74, 6) is 2.48. The summed E-state index contributed by atoms with van der Waals surface area (Å²) in [5.41, 5.74) is 1.86. The molecule has 132 valence electrons. The van der Waals surface area contributed by atoms with Gasteiger partial charge in [0.05, 0.1) is 12.2 Å². The van der Waals surface area contributed by atoms with E-state index in [4.69, 9.17) is 0 Å². The van der Waals surface area contributed by atoms with Gasteiger partial charge in [0.15, 0.2) is 0 Å². The van der Waals surface area contributed by atoms with Gasteiger partial charge >= 0.3 is 0 Å². The lowest BCUT2D eigenvalue weighted by atomic mass is 9.84. The molecule has 2 aromatic rings. The summed E-state index contributed by atoms with van der Waals surface area (Å²) in [5, 5.41) is 10.5. The minimum atomic E-state index is 0.0654. The van der Waals surface area contributed by atoms with Crippen LogP contribution in [0, 0.1) is 17.8 Å². The Balaban J connectivity index is 1.26. The predicted octanol–water partition coefficient (Wildman–Crippen LogP) is 2.62. The molecule has 1 aromatic carbocycles. The number of carbonyl (C=O) groups is 1. The highest BCUT2D eigenvalue weighted by molar-refractivity contribution is 5.81. The van der Waals surface area contributed by atoms with E-state index < -0.39 is 0 Å². The largest absolute Gasteiger partial charge is 0.376 e. The average molecular weight is 339 g/mol. The van der Waals surface area contributed by atoms with Crippen LogP contribution in [-0.4, -0.2) is 33.3 Å². The number of hydrogen-bond acceptors (Lipinski definition) is 4. The van der Waals surface area contributed by atoms with Crippen LogP contribution in [0.1, 0.15) is 32.6 Å². The lowest BCUT2D eigenvalue weighted by molar-refractivity contribution is -0.120. The van der Waals surface area contributed by atoms with Gasteiger partial charge in [0.25, 0.3) is 0 Å². The highest BCUT2D eigenvalue weighted by atomic mass is 16.1. The standard InChI is InChI=1S/C19H25N5O/c1-13(18-9-14-2-3-15(18)8-14)23-19(25)10-21-16-4-6-17(7-5-16)24-12-20-11-22-24/h4-7,11-15,18,21H,2-3,8-10H2,1H3,(H,23,25)/t13-,14-,15-,18+/m0/s1. The van der Waals surface area contributed by atoms with Crippen molar-refractivity contribution in [2.45, 2.75) is 38.6 Å². The molecule has 1 amide bonds. The Labute approximate surface area is 148 Å². The minimum Gasteiger partial charge on any atom is -0.376 e. The monoisotopic (exact) mass is 339 g/mol. The van der Waals surface area contributed by atoms with Crippen molar-refractivity contribution in [2.24, 2.45) is 17.8 Å². The zero-order valence-electron chi connectivity index (χ0n) is 14.6. The first-order chi connectivity index (χ1) is 12.2. The van der Waals surface area contributed by atoms with E-state index in [2.05, 4.69) is 27.6 Å². The molecule has 2 fully saturated rings. The molecule has 2 bridgehead atoms. The van der Waals surface area contributed by atoms with Gasteiger partial charge in [-0.2, -0.15) is 5.10 Å². The Hall–Kier alpha value is -2.37. The SMILES string of the molecule is C[C@H](NC(=O)CNc1ccc(-n2cncn2)cc1)[C@H]1C[C@H]2CC[C@H]1C2. The van der Waals surface area contributed by atoms with Crippen LogP contribution < -0.4 is 10.6 Å². The average Bonchev–Trinajstić information content (AvgIpc) is 3.37. The Morgan fingerprint density at radius 1 is 1.28 bits per heavy atom. The Kier molecular flexibility index (Phi) is 4.42. The quantitative estimate of drug-likeness (QED) is 0.849. The molecule has 0 aliphatic heterocycles. The smallest absolute Gasteiger partial charge is 0.239 e. The maximum absolute atomic E-state index is 12.2. The summed E-state index contributed by atoms with van der Waals surface area (Å²) in [6.07, 6.45) is 8.59. The molecule has 0 radical (unpaired) electrons. The van der Waals surface area contributed by atoms with Crippen LogP contribution in [0.15, 0.2) is 36.9 Å². The summed E-state index contributed by atoms with van der Waals surface area (Å²) in [6, 6.07) is 8.08. The van der Waals surface area contributed by atoms with Gasteiger partial charge in [-0.05, 0) is 68.2 Å². The Bertz CT molecular complexity index is 712. The predicted molar refractivity (Wildman–Crippen MR) is 96.4 cm³/mol. The fourth-order valence-corrected chi connectivity index (χ4v) is 4.57. The van der Waals surface area contributed by atoms with Crippen molar-refractivity contribution in [3.05, 3.63) is 36.9 Å². The second-order valence-electron chi connectivity index (χ2n) is 7.44. The summed E-state index contributed by atoms with van der Waals surface area (Å²) < 4.78 is 1.70. The van der Waals surface area contributed by atoms with E-state index in [-0.39, 0.29) is 11.9 Å². The zero-order valence-corrected chi connectivity index (χ0v) is 14.6. The van der Waals surface area contributed by atoms with Gasteiger partial charge in [-0.25, -0.2) is 9.67 Å². The molecule has 1 heterocycles. The maximum Gasteiger partial charge on any atom is 0.239 e. The van der Waals surface area contributed by atoms with E-state index in [1.807, 2.05) is 24.3 Å². The van der Waals surface area contributed by atoms with Crippen molar-refractivity contribution in [1.82, 2.24) is 20.1 Å². The van der Waals surface area contributed by atoms with Crippen molar-refractivity contribution in [1.29, 1.82) is 0 Å². The van der Waals surface area contributed by atoms with Crippen LogP contribution in [0.4, 0.5) is 5.69 Å². The minimum absolute atomic E-state index is 0.0654. The summed E-state index contributed by atoms with van der Waals surface area (Å²) in [4.78, 5) is 16.2. The first kappa shape index (κ1) is 16.1. The number of rotatable bonds is 6. The number of nitrogens with one attached hydrogen (secondary N) is 2. The molecule has 2 saturated carbocycles. The topological polar surface area (TPSA) is 71.8 Å². The van der Waals surface area contributed by atoms with E-state index in [0.29, 0.717) is 12.5 Å². The van der Waals surface area contributed by atoms with E-state index in [9.17, 15) is 4.79 Å². The third-order valence-electron chi connectivity index (χ3n) is 5.83. The second kappa shape index (κ2) is 6.86. The molecule has 6 heteroatoms. The van der Waals surface area contributed by atoms with Gasteiger partial charge < -0.3 is 10.6 Å². The van der Waals surface area contributed by atoms with E-state index in [0.717, 1.165) is 23.2 Å². The molecule has 0 saturated heterocycles. The van der Waals surface area contributed by atoms with E-state index >= 15 is 0 Å². The number of aromatic nitrogens is 3. The second-order valence-corrected chi connectivity index (χ2v) is 7.44. The van der Waals surface area contributed by atoms with Crippen molar-refractivity contribution in [3.8, 4) is 5.69 Å². The van der Waals surface area contributed by atoms with E-state index in [1.54, 1.807) is 11.0 Å². The van der Waals surface area contributed by atoms with Gasteiger partial charge in [0.1, 0.15) is 12.7 Å². The first-order valence-electron chi connectivity index (χ1n) is 9.17. The number of amides is 1. The number of benzene rings is 1. The molecule has 0 unspecified atom stereocenters. The highest BCUT2D eigenvalue weighted by Gasteiger charge is 2.42. The highest BCUT2D eigenvalue weighted by Crippen LogP contribution is 2.49. The summed E-state index contributed by atoms with van der Waals surface area (Å²) >= 11 is 0. The Morgan fingerprint density at radius 3 is 2.76 bits per heavy atom. The lowest BCUT2D eigenvalue weighted by Crippen LogP contribution is -2.42. The molecular weight excluding hydrogens is 314 g/mol. The molecule has 2 aliphatic rings. The third-order valence-corrected chi connectivity index (χ3v) is 5.83. The molecule has 4 atom stereocenters. The number of fused-ring (bicyclic) bond motifs is 2. The molecule has 2 N–H and O–H groups in total. The molecule has 6 nitrogen and oxygen atoms in total. The number of carbonyl (C=O) groups excluding carboxylic acids is 1. The number of anilines is 1. The first-order valence-corrected chi connectivity index (χ1v) is 9.17. The van der Waals surface area contributed by atoms with Crippen molar-refractivity contribution < 1.29 is 4.79 Å².